The van der Waals surface area contributed by atoms with Crippen molar-refractivity contribution in [3.05, 3.63) is 58.6 Å². The molecule has 0 spiro atoms. The van der Waals surface area contributed by atoms with E-state index in [-0.39, 0.29) is 0 Å². The van der Waals surface area contributed by atoms with Gasteiger partial charge in [-0.15, -0.1) is 0 Å². The summed E-state index contributed by atoms with van der Waals surface area (Å²) >= 11 is 5.81. The van der Waals surface area contributed by atoms with E-state index in [1.165, 1.54) is 0 Å². The Labute approximate surface area is 114 Å². The number of rotatable bonds is 3. The Morgan fingerprint density at radius 2 is 1.83 bits per heavy atom. The van der Waals surface area contributed by atoms with Crippen LogP contribution in [0.15, 0.2) is 47.4 Å². The molecule has 2 nitrogen and oxygen atoms in total. The second-order valence-electron chi connectivity index (χ2n) is 4.08. The van der Waals surface area contributed by atoms with Crippen molar-refractivity contribution in [3.63, 3.8) is 0 Å². The van der Waals surface area contributed by atoms with Crippen LogP contribution in [-0.4, -0.2) is 4.21 Å². The van der Waals surface area contributed by atoms with Crippen LogP contribution in [0.1, 0.15) is 11.1 Å². The molecule has 1 unspecified atom stereocenters. The molecule has 4 heteroatoms. The third-order valence-electron chi connectivity index (χ3n) is 2.85. The first-order valence-electron chi connectivity index (χ1n) is 5.56. The maximum atomic E-state index is 12.2. The zero-order chi connectivity index (χ0) is 13.1. The van der Waals surface area contributed by atoms with Crippen molar-refractivity contribution >= 4 is 28.1 Å². The Bertz CT molecular complexity index is 581. The van der Waals surface area contributed by atoms with E-state index in [9.17, 15) is 4.21 Å². The minimum absolute atomic E-state index is 0.471. The fourth-order valence-corrected chi connectivity index (χ4v) is 3.00. The van der Waals surface area contributed by atoms with Crippen molar-refractivity contribution < 1.29 is 4.21 Å². The molecule has 2 aromatic carbocycles. The lowest BCUT2D eigenvalue weighted by atomic mass is 10.1. The molecule has 0 aliphatic carbocycles. The number of halogens is 1. The maximum absolute atomic E-state index is 12.2. The van der Waals surface area contributed by atoms with Crippen molar-refractivity contribution in [2.45, 2.75) is 17.6 Å². The van der Waals surface area contributed by atoms with Gasteiger partial charge in [0.05, 0.1) is 16.6 Å². The van der Waals surface area contributed by atoms with E-state index in [1.807, 2.05) is 25.1 Å². The van der Waals surface area contributed by atoms with Crippen molar-refractivity contribution in [3.8, 4) is 0 Å². The standard InChI is InChI=1S/C14H14ClNOS/c1-10-11(3-2-4-14(10)16)9-18(17)13-7-5-12(15)6-8-13/h2-8H,9,16H2,1H3. The zero-order valence-corrected chi connectivity index (χ0v) is 11.6. The fourth-order valence-electron chi connectivity index (χ4n) is 1.67. The highest BCUT2D eigenvalue weighted by atomic mass is 35.5. The van der Waals surface area contributed by atoms with Crippen LogP contribution >= 0.6 is 11.6 Å². The minimum atomic E-state index is -1.08. The number of nitrogen functional groups attached to an aromatic ring is 1. The summed E-state index contributed by atoms with van der Waals surface area (Å²) in [5, 5.41) is 0.649. The van der Waals surface area contributed by atoms with Gasteiger partial charge in [0.2, 0.25) is 0 Å². The molecule has 0 amide bonds. The monoisotopic (exact) mass is 279 g/mol. The maximum Gasteiger partial charge on any atom is 0.0574 e. The van der Waals surface area contributed by atoms with Gasteiger partial charge >= 0.3 is 0 Å². The van der Waals surface area contributed by atoms with Crippen LogP contribution in [0.4, 0.5) is 5.69 Å². The molecule has 0 aromatic heterocycles. The zero-order valence-electron chi connectivity index (χ0n) is 10.0. The Morgan fingerprint density at radius 3 is 2.50 bits per heavy atom. The molecule has 0 heterocycles. The molecule has 0 saturated heterocycles. The number of benzene rings is 2. The van der Waals surface area contributed by atoms with Gasteiger partial charge in [0, 0.05) is 15.6 Å². The molecular weight excluding hydrogens is 266 g/mol. The topological polar surface area (TPSA) is 43.1 Å². The molecule has 94 valence electrons. The van der Waals surface area contributed by atoms with Crippen molar-refractivity contribution in [2.75, 3.05) is 5.73 Å². The first kappa shape index (κ1) is 13.1. The van der Waals surface area contributed by atoms with Gasteiger partial charge in [0.25, 0.3) is 0 Å². The fraction of sp³-hybridized carbons (Fsp3) is 0.143. The second-order valence-corrected chi connectivity index (χ2v) is 5.96. The number of anilines is 1. The summed E-state index contributed by atoms with van der Waals surface area (Å²) in [5.41, 5.74) is 8.59. The summed E-state index contributed by atoms with van der Waals surface area (Å²) in [6, 6.07) is 12.8. The average Bonchev–Trinajstić information content (AvgIpc) is 2.36. The predicted octanol–water partition coefficient (Wildman–Crippen LogP) is 3.54. The van der Waals surface area contributed by atoms with E-state index in [0.29, 0.717) is 10.8 Å². The van der Waals surface area contributed by atoms with Gasteiger partial charge < -0.3 is 5.73 Å². The van der Waals surface area contributed by atoms with Gasteiger partial charge in [-0.2, -0.15) is 0 Å². The van der Waals surface area contributed by atoms with Crippen molar-refractivity contribution in [2.24, 2.45) is 0 Å². The Morgan fingerprint density at radius 1 is 1.17 bits per heavy atom. The van der Waals surface area contributed by atoms with Crippen LogP contribution < -0.4 is 5.73 Å². The number of hydrogen-bond donors (Lipinski definition) is 1. The summed E-state index contributed by atoms with van der Waals surface area (Å²) < 4.78 is 12.2. The second kappa shape index (κ2) is 5.55. The normalized spacial score (nSPS) is 12.3. The van der Waals surface area contributed by atoms with Crippen LogP contribution in [0.5, 0.6) is 0 Å². The third-order valence-corrected chi connectivity index (χ3v) is 4.47. The molecule has 0 fully saturated rings. The third kappa shape index (κ3) is 2.92. The lowest BCUT2D eigenvalue weighted by Crippen LogP contribution is -2.00. The van der Waals surface area contributed by atoms with E-state index >= 15 is 0 Å². The minimum Gasteiger partial charge on any atom is -0.399 e. The predicted molar refractivity (Wildman–Crippen MR) is 77.2 cm³/mol. The van der Waals surface area contributed by atoms with E-state index in [0.717, 1.165) is 21.7 Å². The van der Waals surface area contributed by atoms with Crippen LogP contribution in [0.25, 0.3) is 0 Å². The largest absolute Gasteiger partial charge is 0.399 e. The number of nitrogens with two attached hydrogens (primary N) is 1. The average molecular weight is 280 g/mol. The Balaban J connectivity index is 2.21. The first-order chi connectivity index (χ1) is 8.58. The van der Waals surface area contributed by atoms with E-state index in [4.69, 9.17) is 17.3 Å². The summed E-state index contributed by atoms with van der Waals surface area (Å²) in [6.07, 6.45) is 0. The Kier molecular flexibility index (Phi) is 4.04. The lowest BCUT2D eigenvalue weighted by molar-refractivity contribution is 0.682. The van der Waals surface area contributed by atoms with Gasteiger partial charge in [-0.05, 0) is 48.4 Å². The van der Waals surface area contributed by atoms with Gasteiger partial charge in [-0.25, -0.2) is 0 Å². The van der Waals surface area contributed by atoms with E-state index < -0.39 is 10.8 Å². The lowest BCUT2D eigenvalue weighted by Gasteiger charge is -2.08. The molecule has 2 rings (SSSR count). The molecule has 0 bridgehead atoms. The molecule has 18 heavy (non-hydrogen) atoms. The van der Waals surface area contributed by atoms with Crippen molar-refractivity contribution in [1.29, 1.82) is 0 Å². The molecule has 0 aliphatic heterocycles. The quantitative estimate of drug-likeness (QED) is 0.874. The molecule has 2 aromatic rings. The molecule has 0 saturated carbocycles. The van der Waals surface area contributed by atoms with E-state index in [1.54, 1.807) is 24.3 Å². The van der Waals surface area contributed by atoms with Gasteiger partial charge in [-0.3, -0.25) is 4.21 Å². The SMILES string of the molecule is Cc1c(N)cccc1CS(=O)c1ccc(Cl)cc1. The van der Waals surface area contributed by atoms with Crippen molar-refractivity contribution in [1.82, 2.24) is 0 Å². The summed E-state index contributed by atoms with van der Waals surface area (Å²) in [6.45, 7) is 1.95. The van der Waals surface area contributed by atoms with Crippen LogP contribution in [0.3, 0.4) is 0 Å². The van der Waals surface area contributed by atoms with Gasteiger partial charge in [-0.1, -0.05) is 23.7 Å². The molecule has 2 N–H and O–H groups in total. The van der Waals surface area contributed by atoms with E-state index in [2.05, 4.69) is 0 Å². The summed E-state index contributed by atoms with van der Waals surface area (Å²) in [4.78, 5) is 0.779. The Hall–Kier alpha value is -1.32. The molecule has 0 radical (unpaired) electrons. The highest BCUT2D eigenvalue weighted by molar-refractivity contribution is 7.84. The number of hydrogen-bond acceptors (Lipinski definition) is 2. The first-order valence-corrected chi connectivity index (χ1v) is 7.25. The molecule has 0 aliphatic rings. The van der Waals surface area contributed by atoms with Crippen LogP contribution in [0.2, 0.25) is 5.02 Å². The summed E-state index contributed by atoms with van der Waals surface area (Å²) in [5.74, 6) is 0.471. The van der Waals surface area contributed by atoms with Crippen LogP contribution in [-0.2, 0) is 16.6 Å². The highest BCUT2D eigenvalue weighted by Gasteiger charge is 2.08. The van der Waals surface area contributed by atoms with Gasteiger partial charge in [0.1, 0.15) is 0 Å². The smallest absolute Gasteiger partial charge is 0.0574 e. The molecule has 1 atom stereocenters. The highest BCUT2D eigenvalue weighted by Crippen LogP contribution is 2.20. The molecular formula is C14H14ClNOS. The van der Waals surface area contributed by atoms with Crippen LogP contribution in [0, 0.1) is 6.92 Å². The van der Waals surface area contributed by atoms with Gasteiger partial charge in [0.15, 0.2) is 0 Å². The summed E-state index contributed by atoms with van der Waals surface area (Å²) in [7, 11) is -1.08.